The highest BCUT2D eigenvalue weighted by atomic mass is 35.5. The normalized spacial score (nSPS) is 19.8. The molecule has 0 bridgehead atoms. The van der Waals surface area contributed by atoms with Gasteiger partial charge in [-0.3, -0.25) is 19.5 Å². The van der Waals surface area contributed by atoms with E-state index in [1.54, 1.807) is 17.1 Å². The lowest BCUT2D eigenvalue weighted by atomic mass is 9.96. The number of nitrogens with one attached hydrogen (secondary N) is 3. The van der Waals surface area contributed by atoms with Crippen LogP contribution >= 0.6 is 23.2 Å². The number of hydrogen-bond acceptors (Lipinski definition) is 7. The van der Waals surface area contributed by atoms with E-state index in [2.05, 4.69) is 30.9 Å². The molecule has 2 fully saturated rings. The molecule has 0 aliphatic carbocycles. The quantitative estimate of drug-likeness (QED) is 0.418. The maximum absolute atomic E-state index is 12.3. The second-order valence-electron chi connectivity index (χ2n) is 9.79. The van der Waals surface area contributed by atoms with Gasteiger partial charge in [-0.2, -0.15) is 5.10 Å². The summed E-state index contributed by atoms with van der Waals surface area (Å²) in [6.07, 6.45) is 3.89. The fourth-order valence-electron chi connectivity index (χ4n) is 4.92. The van der Waals surface area contributed by atoms with Gasteiger partial charge in [-0.1, -0.05) is 23.2 Å². The number of rotatable bonds is 9. The molecule has 1 aromatic carbocycles. The predicted octanol–water partition coefficient (Wildman–Crippen LogP) is 2.15. The number of hydrazone groups is 1. The molecule has 2 saturated heterocycles. The summed E-state index contributed by atoms with van der Waals surface area (Å²) in [7, 11) is 0. The molecule has 198 valence electrons. The number of amides is 2. The molecule has 1 aromatic rings. The first-order valence-corrected chi connectivity index (χ1v) is 13.7. The molecule has 4 rings (SSSR count). The summed E-state index contributed by atoms with van der Waals surface area (Å²) in [5.41, 5.74) is 0.833. The van der Waals surface area contributed by atoms with E-state index < -0.39 is 0 Å². The number of carbonyl (C=O) groups is 2. The lowest BCUT2D eigenvalue weighted by molar-refractivity contribution is -0.123. The van der Waals surface area contributed by atoms with Crippen molar-refractivity contribution in [2.75, 3.05) is 70.5 Å². The summed E-state index contributed by atoms with van der Waals surface area (Å²) >= 11 is 12.1. The summed E-state index contributed by atoms with van der Waals surface area (Å²) in [5, 5.41) is 16.5. The lowest BCUT2D eigenvalue weighted by Crippen LogP contribution is -2.47. The minimum Gasteiger partial charge on any atom is -0.355 e. The molecule has 3 heterocycles. The molecule has 11 heteroatoms. The Hall–Kier alpha value is -1.91. The van der Waals surface area contributed by atoms with Gasteiger partial charge in [-0.25, -0.2) is 0 Å². The Bertz CT molecular complexity index is 931. The average molecular weight is 539 g/mol. The second kappa shape index (κ2) is 13.6. The number of benzene rings is 1. The average Bonchev–Trinajstić information content (AvgIpc) is 3.34. The van der Waals surface area contributed by atoms with Gasteiger partial charge in [0, 0.05) is 58.7 Å². The third-order valence-corrected chi connectivity index (χ3v) is 7.73. The second-order valence-corrected chi connectivity index (χ2v) is 10.6. The van der Waals surface area contributed by atoms with Crippen LogP contribution in [0.3, 0.4) is 0 Å². The van der Waals surface area contributed by atoms with E-state index in [1.165, 1.54) is 6.54 Å². The number of hydrogen-bond donors (Lipinski definition) is 3. The molecule has 0 aromatic heterocycles. The van der Waals surface area contributed by atoms with Crippen molar-refractivity contribution in [3.63, 3.8) is 0 Å². The van der Waals surface area contributed by atoms with Gasteiger partial charge in [-0.15, -0.1) is 0 Å². The molecule has 3 N–H and O–H groups in total. The molecule has 36 heavy (non-hydrogen) atoms. The molecular weight excluding hydrogens is 501 g/mol. The van der Waals surface area contributed by atoms with Gasteiger partial charge >= 0.3 is 0 Å². The van der Waals surface area contributed by atoms with Crippen LogP contribution in [0, 0.1) is 5.92 Å². The summed E-state index contributed by atoms with van der Waals surface area (Å²) in [5.74, 6) is 1.32. The molecule has 0 unspecified atom stereocenters. The Morgan fingerprint density at radius 2 is 1.78 bits per heavy atom. The Morgan fingerprint density at radius 1 is 1.00 bits per heavy atom. The van der Waals surface area contributed by atoms with Gasteiger partial charge < -0.3 is 20.9 Å². The number of anilines is 1. The Labute approximate surface area is 223 Å². The van der Waals surface area contributed by atoms with E-state index in [4.69, 9.17) is 23.2 Å². The van der Waals surface area contributed by atoms with Gasteiger partial charge in [0.05, 0.1) is 22.3 Å². The zero-order valence-electron chi connectivity index (χ0n) is 20.8. The van der Waals surface area contributed by atoms with Crippen LogP contribution in [0.15, 0.2) is 23.3 Å². The smallest absolute Gasteiger partial charge is 0.234 e. The predicted molar refractivity (Wildman–Crippen MR) is 145 cm³/mol. The number of amidine groups is 1. The fraction of sp³-hybridized carbons (Fsp3) is 0.640. The highest BCUT2D eigenvalue weighted by Gasteiger charge is 2.23. The molecule has 0 spiro atoms. The van der Waals surface area contributed by atoms with Gasteiger partial charge in [0.15, 0.2) is 0 Å². The number of piperidine rings is 1. The largest absolute Gasteiger partial charge is 0.355 e. The van der Waals surface area contributed by atoms with Crippen LogP contribution < -0.4 is 21.0 Å². The summed E-state index contributed by atoms with van der Waals surface area (Å²) in [6.45, 7) is 9.21. The Balaban J connectivity index is 1.06. The summed E-state index contributed by atoms with van der Waals surface area (Å²) < 4.78 is 0. The summed E-state index contributed by atoms with van der Waals surface area (Å²) in [6, 6.07) is 5.34. The van der Waals surface area contributed by atoms with Gasteiger partial charge in [-0.05, 0) is 56.5 Å². The third kappa shape index (κ3) is 8.31. The topological polar surface area (TPSA) is 92.3 Å². The molecular formula is C25H37Cl2N7O2. The molecule has 3 aliphatic heterocycles. The lowest BCUT2D eigenvalue weighted by Gasteiger charge is -2.36. The molecule has 3 aliphatic rings. The van der Waals surface area contributed by atoms with E-state index in [-0.39, 0.29) is 11.8 Å². The molecule has 0 saturated carbocycles. The molecule has 0 atom stereocenters. The van der Waals surface area contributed by atoms with Crippen LogP contribution in [0.4, 0.5) is 5.69 Å². The maximum atomic E-state index is 12.3. The minimum absolute atomic E-state index is 0.0356. The van der Waals surface area contributed by atoms with E-state index in [9.17, 15) is 9.59 Å². The van der Waals surface area contributed by atoms with Crippen LogP contribution in [0.25, 0.3) is 0 Å². The van der Waals surface area contributed by atoms with Crippen LogP contribution in [-0.2, 0) is 9.59 Å². The fourth-order valence-corrected chi connectivity index (χ4v) is 5.21. The van der Waals surface area contributed by atoms with Crippen molar-refractivity contribution in [2.45, 2.75) is 32.1 Å². The number of carbonyl (C=O) groups excluding carboxylic acids is 2. The molecule has 0 radical (unpaired) electrons. The molecule has 9 nitrogen and oxygen atoms in total. The Morgan fingerprint density at radius 3 is 2.53 bits per heavy atom. The van der Waals surface area contributed by atoms with Crippen molar-refractivity contribution < 1.29 is 9.59 Å². The maximum Gasteiger partial charge on any atom is 0.234 e. The highest BCUT2D eigenvalue weighted by Crippen LogP contribution is 2.28. The van der Waals surface area contributed by atoms with E-state index >= 15 is 0 Å². The standard InChI is InChI=1S/C25H37Cl2N7O2/c26-21-4-3-20(16-22(21)27)34-13-7-23(31-34)30-24(35)2-1-8-29-25(36)18-32-11-5-19(6-12-32)17-33-14-9-28-10-15-33/h3-4,16,19,28H,1-2,5-15,17-18H2,(H,29,36)(H,30,31,35). The number of halogens is 2. The van der Waals surface area contributed by atoms with Gasteiger partial charge in [0.2, 0.25) is 11.8 Å². The third-order valence-electron chi connectivity index (χ3n) is 6.99. The number of nitrogens with zero attached hydrogens (tertiary/aromatic N) is 4. The zero-order chi connectivity index (χ0) is 25.3. The van der Waals surface area contributed by atoms with Crippen LogP contribution in [0.1, 0.15) is 32.1 Å². The van der Waals surface area contributed by atoms with Crippen molar-refractivity contribution >= 4 is 46.5 Å². The molecule has 2 amide bonds. The van der Waals surface area contributed by atoms with Crippen molar-refractivity contribution in [1.82, 2.24) is 25.8 Å². The highest BCUT2D eigenvalue weighted by molar-refractivity contribution is 6.42. The monoisotopic (exact) mass is 537 g/mol. The minimum atomic E-state index is -0.0921. The summed E-state index contributed by atoms with van der Waals surface area (Å²) in [4.78, 5) is 29.4. The van der Waals surface area contributed by atoms with E-state index in [0.717, 1.165) is 63.7 Å². The van der Waals surface area contributed by atoms with Gasteiger partial charge in [0.25, 0.3) is 0 Å². The zero-order valence-corrected chi connectivity index (χ0v) is 22.3. The number of likely N-dealkylation sites (tertiary alicyclic amines) is 1. The van der Waals surface area contributed by atoms with Gasteiger partial charge in [0.1, 0.15) is 5.84 Å². The van der Waals surface area contributed by atoms with Crippen molar-refractivity contribution in [2.24, 2.45) is 11.0 Å². The first kappa shape index (κ1) is 27.1. The van der Waals surface area contributed by atoms with Crippen LogP contribution in [0.5, 0.6) is 0 Å². The van der Waals surface area contributed by atoms with Crippen molar-refractivity contribution in [3.05, 3.63) is 28.2 Å². The van der Waals surface area contributed by atoms with Crippen LogP contribution in [-0.4, -0.2) is 92.9 Å². The Kier molecular flexibility index (Phi) is 10.2. The van der Waals surface area contributed by atoms with Crippen LogP contribution in [0.2, 0.25) is 10.0 Å². The van der Waals surface area contributed by atoms with E-state index in [1.807, 2.05) is 6.07 Å². The first-order chi connectivity index (χ1) is 17.5. The SMILES string of the molecule is O=C(CN1CCC(CN2CCNCC2)CC1)NCCCC(=O)NC1=NN(c2ccc(Cl)c(Cl)c2)CC1. The number of piperazine rings is 1. The van der Waals surface area contributed by atoms with Crippen molar-refractivity contribution in [1.29, 1.82) is 0 Å². The van der Waals surface area contributed by atoms with Crippen molar-refractivity contribution in [3.8, 4) is 0 Å². The first-order valence-electron chi connectivity index (χ1n) is 13.0. The van der Waals surface area contributed by atoms with E-state index in [0.29, 0.717) is 54.8 Å².